The molecule has 3 amide bonds. The summed E-state index contributed by atoms with van der Waals surface area (Å²) in [4.78, 5) is 61.4. The van der Waals surface area contributed by atoms with Crippen molar-refractivity contribution in [1.29, 1.82) is 0 Å². The maximum Gasteiger partial charge on any atom is 0.326 e. The third kappa shape index (κ3) is 8.15. The van der Waals surface area contributed by atoms with Gasteiger partial charge in [0, 0.05) is 35.4 Å². The van der Waals surface area contributed by atoms with Crippen LogP contribution in [-0.4, -0.2) is 67.9 Å². The zero-order chi connectivity index (χ0) is 29.4. The van der Waals surface area contributed by atoms with Gasteiger partial charge >= 0.3 is 5.97 Å². The Morgan fingerprint density at radius 2 is 1.60 bits per heavy atom. The summed E-state index contributed by atoms with van der Waals surface area (Å²) >= 11 is 0. The second kappa shape index (κ2) is 13.7. The van der Waals surface area contributed by atoms with Crippen LogP contribution in [0, 0.1) is 11.8 Å². The van der Waals surface area contributed by atoms with E-state index in [9.17, 15) is 24.3 Å². The summed E-state index contributed by atoms with van der Waals surface area (Å²) in [6.45, 7) is 7.14. The van der Waals surface area contributed by atoms with Crippen LogP contribution < -0.4 is 21.7 Å². The van der Waals surface area contributed by atoms with Crippen LogP contribution in [0.1, 0.15) is 45.4 Å². The van der Waals surface area contributed by atoms with E-state index in [1.807, 2.05) is 44.3 Å². The van der Waals surface area contributed by atoms with E-state index in [1.54, 1.807) is 13.8 Å². The summed E-state index contributed by atoms with van der Waals surface area (Å²) < 4.78 is 0. The van der Waals surface area contributed by atoms with E-state index in [1.165, 1.54) is 12.5 Å². The van der Waals surface area contributed by atoms with Crippen molar-refractivity contribution in [2.45, 2.75) is 71.1 Å². The van der Waals surface area contributed by atoms with Gasteiger partial charge in [0.2, 0.25) is 17.7 Å². The van der Waals surface area contributed by atoms with Gasteiger partial charge in [0.05, 0.1) is 12.4 Å². The van der Waals surface area contributed by atoms with Crippen molar-refractivity contribution in [2.24, 2.45) is 17.6 Å². The van der Waals surface area contributed by atoms with Gasteiger partial charge in [0.25, 0.3) is 0 Å². The zero-order valence-electron chi connectivity index (χ0n) is 23.2. The Morgan fingerprint density at radius 1 is 0.925 bits per heavy atom. The van der Waals surface area contributed by atoms with Gasteiger partial charge in [-0.1, -0.05) is 45.9 Å². The predicted molar refractivity (Wildman–Crippen MR) is 150 cm³/mol. The standard InChI is InChI=1S/C28H39N7O5/c1-15(2)9-22(27(38)35-24(16(3)4)28(39)40)34-26(37)23(11-18-13-30-14-32-18)33-25(36)20(29)10-17-12-31-21-8-6-5-7-19(17)21/h5-8,12-16,20,22-24,31H,9-11,29H2,1-4H3,(H,30,32)(H,33,36)(H,34,37)(H,35,38)(H,39,40). The van der Waals surface area contributed by atoms with E-state index in [0.717, 1.165) is 16.5 Å². The first-order chi connectivity index (χ1) is 19.0. The second-order valence-electron chi connectivity index (χ2n) is 10.8. The minimum atomic E-state index is -1.16. The van der Waals surface area contributed by atoms with Crippen molar-refractivity contribution in [3.8, 4) is 0 Å². The fourth-order valence-corrected chi connectivity index (χ4v) is 4.48. The summed E-state index contributed by atoms with van der Waals surface area (Å²) in [6.07, 6.45) is 5.41. The monoisotopic (exact) mass is 553 g/mol. The van der Waals surface area contributed by atoms with Crippen LogP contribution in [0.3, 0.4) is 0 Å². The molecule has 216 valence electrons. The number of carboxylic acid groups (broad SMARTS) is 1. The van der Waals surface area contributed by atoms with Crippen LogP contribution >= 0.6 is 0 Å². The molecule has 2 aromatic heterocycles. The molecule has 0 spiro atoms. The molecule has 2 heterocycles. The number of benzene rings is 1. The lowest BCUT2D eigenvalue weighted by Crippen LogP contribution is -2.58. The van der Waals surface area contributed by atoms with Gasteiger partial charge in [-0.05, 0) is 36.3 Å². The topological polar surface area (TPSA) is 195 Å². The number of nitrogens with two attached hydrogens (primary N) is 1. The Labute approximate surface area is 232 Å². The number of carbonyl (C=O) groups excluding carboxylic acids is 3. The van der Waals surface area contributed by atoms with Gasteiger partial charge in [-0.2, -0.15) is 0 Å². The molecule has 4 unspecified atom stereocenters. The zero-order valence-corrected chi connectivity index (χ0v) is 23.2. The van der Waals surface area contributed by atoms with Crippen molar-refractivity contribution >= 4 is 34.6 Å². The van der Waals surface area contributed by atoms with Gasteiger partial charge in [-0.3, -0.25) is 14.4 Å². The van der Waals surface area contributed by atoms with E-state index in [-0.39, 0.29) is 31.1 Å². The summed E-state index contributed by atoms with van der Waals surface area (Å²) in [6, 6.07) is 3.56. The number of aromatic nitrogens is 3. The molecule has 4 atom stereocenters. The third-order valence-corrected chi connectivity index (χ3v) is 6.63. The number of nitrogens with zero attached hydrogens (tertiary/aromatic N) is 1. The van der Waals surface area contributed by atoms with Crippen LogP contribution in [0.5, 0.6) is 0 Å². The van der Waals surface area contributed by atoms with E-state index >= 15 is 0 Å². The Bertz CT molecular complexity index is 1300. The minimum Gasteiger partial charge on any atom is -0.480 e. The normalized spacial score (nSPS) is 14.5. The molecule has 1 aromatic carbocycles. The summed E-state index contributed by atoms with van der Waals surface area (Å²) in [5, 5.41) is 18.4. The highest BCUT2D eigenvalue weighted by molar-refractivity contribution is 5.94. The number of H-pyrrole nitrogens is 2. The van der Waals surface area contributed by atoms with Crippen LogP contribution in [0.25, 0.3) is 10.9 Å². The third-order valence-electron chi connectivity index (χ3n) is 6.63. The van der Waals surface area contributed by atoms with Crippen molar-refractivity contribution in [1.82, 2.24) is 30.9 Å². The van der Waals surface area contributed by atoms with E-state index < -0.39 is 47.9 Å². The smallest absolute Gasteiger partial charge is 0.326 e. The number of fused-ring (bicyclic) bond motifs is 1. The fourth-order valence-electron chi connectivity index (χ4n) is 4.48. The molecule has 0 fully saturated rings. The number of aromatic amines is 2. The van der Waals surface area contributed by atoms with Crippen molar-refractivity contribution in [2.75, 3.05) is 0 Å². The molecular formula is C28H39N7O5. The molecule has 12 heteroatoms. The molecule has 0 saturated heterocycles. The number of hydrogen-bond acceptors (Lipinski definition) is 6. The number of imidazole rings is 1. The van der Waals surface area contributed by atoms with E-state index in [4.69, 9.17) is 5.73 Å². The van der Waals surface area contributed by atoms with Gasteiger partial charge < -0.3 is 36.8 Å². The predicted octanol–water partition coefficient (Wildman–Crippen LogP) is 1.24. The Hall–Kier alpha value is -4.19. The molecular weight excluding hydrogens is 514 g/mol. The lowest BCUT2D eigenvalue weighted by Gasteiger charge is -2.26. The highest BCUT2D eigenvalue weighted by Gasteiger charge is 2.32. The van der Waals surface area contributed by atoms with Crippen molar-refractivity contribution < 1.29 is 24.3 Å². The highest BCUT2D eigenvalue weighted by Crippen LogP contribution is 2.19. The number of para-hydroxylation sites is 1. The van der Waals surface area contributed by atoms with Crippen LogP contribution in [0.2, 0.25) is 0 Å². The van der Waals surface area contributed by atoms with Gasteiger partial charge in [0.15, 0.2) is 0 Å². The molecule has 0 aliphatic rings. The highest BCUT2D eigenvalue weighted by atomic mass is 16.4. The largest absolute Gasteiger partial charge is 0.480 e. The molecule has 0 saturated carbocycles. The second-order valence-corrected chi connectivity index (χ2v) is 10.8. The number of hydrogen-bond donors (Lipinski definition) is 7. The first kappa shape index (κ1) is 30.4. The van der Waals surface area contributed by atoms with Crippen LogP contribution in [0.15, 0.2) is 43.0 Å². The SMILES string of the molecule is CC(C)CC(NC(=O)C(Cc1cnc[nH]1)NC(=O)C(N)Cc1c[nH]c2ccccc12)C(=O)NC(C(=O)O)C(C)C. The minimum absolute atomic E-state index is 0.0172. The van der Waals surface area contributed by atoms with Crippen molar-refractivity contribution in [3.63, 3.8) is 0 Å². The summed E-state index contributed by atoms with van der Waals surface area (Å²) in [5.74, 6) is -3.23. The average Bonchev–Trinajstić information content (AvgIpc) is 3.55. The number of carbonyl (C=O) groups is 4. The molecule has 0 aliphatic heterocycles. The first-order valence-electron chi connectivity index (χ1n) is 13.4. The molecule has 3 rings (SSSR count). The summed E-state index contributed by atoms with van der Waals surface area (Å²) in [7, 11) is 0. The Kier molecular flexibility index (Phi) is 10.4. The van der Waals surface area contributed by atoms with E-state index in [0.29, 0.717) is 5.69 Å². The average molecular weight is 554 g/mol. The molecule has 8 N–H and O–H groups in total. The molecule has 0 aliphatic carbocycles. The fraction of sp³-hybridized carbons (Fsp3) is 0.464. The Morgan fingerprint density at radius 3 is 2.23 bits per heavy atom. The van der Waals surface area contributed by atoms with Gasteiger partial charge in [0.1, 0.15) is 18.1 Å². The summed E-state index contributed by atoms with van der Waals surface area (Å²) in [5.41, 5.74) is 8.65. The first-order valence-corrected chi connectivity index (χ1v) is 13.4. The maximum atomic E-state index is 13.5. The van der Waals surface area contributed by atoms with Gasteiger partial charge in [-0.15, -0.1) is 0 Å². The number of aliphatic carboxylic acids is 1. The number of nitrogens with one attached hydrogen (secondary N) is 5. The Balaban J connectivity index is 1.75. The number of amides is 3. The van der Waals surface area contributed by atoms with Crippen LogP contribution in [0.4, 0.5) is 0 Å². The maximum absolute atomic E-state index is 13.5. The van der Waals surface area contributed by atoms with Gasteiger partial charge in [-0.25, -0.2) is 9.78 Å². The molecule has 0 radical (unpaired) electrons. The molecule has 0 bridgehead atoms. The lowest BCUT2D eigenvalue weighted by molar-refractivity contribution is -0.143. The quantitative estimate of drug-likeness (QED) is 0.156. The molecule has 40 heavy (non-hydrogen) atoms. The number of carboxylic acids is 1. The van der Waals surface area contributed by atoms with E-state index in [2.05, 4.69) is 30.9 Å². The molecule has 3 aromatic rings. The number of rotatable bonds is 14. The molecule has 12 nitrogen and oxygen atoms in total. The van der Waals surface area contributed by atoms with Crippen LogP contribution in [-0.2, 0) is 32.0 Å². The van der Waals surface area contributed by atoms with Crippen molar-refractivity contribution in [3.05, 3.63) is 54.2 Å². The lowest BCUT2D eigenvalue weighted by atomic mass is 9.99.